The van der Waals surface area contributed by atoms with E-state index >= 15 is 0 Å². The van der Waals surface area contributed by atoms with Gasteiger partial charge in [-0.3, -0.25) is 24.6 Å². The molecule has 1 aliphatic rings. The third-order valence-corrected chi connectivity index (χ3v) is 5.33. The molecule has 8 nitrogen and oxygen atoms in total. The Labute approximate surface area is 175 Å². The van der Waals surface area contributed by atoms with Crippen LogP contribution in [0.4, 0.5) is 11.4 Å². The molecule has 1 saturated heterocycles. The fraction of sp³-hybridized carbons (Fsp3) is 0.105. The summed E-state index contributed by atoms with van der Waals surface area (Å²) in [5.41, 5.74) is 1.16. The number of nitrogens with zero attached hydrogens (tertiary/aromatic N) is 2. The van der Waals surface area contributed by atoms with Crippen molar-refractivity contribution in [3.05, 3.63) is 69.1 Å². The molecule has 148 valence electrons. The molecule has 0 aliphatic carbocycles. The van der Waals surface area contributed by atoms with Crippen molar-refractivity contribution in [2.24, 2.45) is 0 Å². The maximum absolute atomic E-state index is 12.6. The minimum absolute atomic E-state index is 0.0371. The van der Waals surface area contributed by atoms with E-state index in [2.05, 4.69) is 5.32 Å². The first kappa shape index (κ1) is 20.5. The number of nitro benzene ring substituents is 1. The SMILES string of the molecule is COc1ccc(NC(=O)CN2C(=O)/C(=C/c3ccc([N+](=O)[O-])cc3)SC2=S)cc1. The molecule has 0 unspecified atom stereocenters. The summed E-state index contributed by atoms with van der Waals surface area (Å²) in [5, 5.41) is 13.4. The molecule has 10 heteroatoms. The van der Waals surface area contributed by atoms with E-state index in [1.807, 2.05) is 0 Å². The third-order valence-electron chi connectivity index (χ3n) is 3.95. The van der Waals surface area contributed by atoms with Gasteiger partial charge in [0.05, 0.1) is 16.9 Å². The molecule has 0 bridgehead atoms. The second-order valence-electron chi connectivity index (χ2n) is 5.89. The standard InChI is InChI=1S/C19H15N3O5S2/c1-27-15-8-4-13(5-9-15)20-17(23)11-21-18(24)16(29-19(21)28)10-12-2-6-14(7-3-12)22(25)26/h2-10H,11H2,1H3,(H,20,23)/b16-10-. The minimum Gasteiger partial charge on any atom is -0.497 e. The summed E-state index contributed by atoms with van der Waals surface area (Å²) in [7, 11) is 1.55. The van der Waals surface area contributed by atoms with Crippen molar-refractivity contribution in [2.75, 3.05) is 19.0 Å². The quantitative estimate of drug-likeness (QED) is 0.325. The second-order valence-corrected chi connectivity index (χ2v) is 7.57. The fourth-order valence-electron chi connectivity index (χ4n) is 2.50. The van der Waals surface area contributed by atoms with Crippen molar-refractivity contribution in [3.63, 3.8) is 0 Å². The van der Waals surface area contributed by atoms with E-state index < -0.39 is 4.92 Å². The highest BCUT2D eigenvalue weighted by Crippen LogP contribution is 2.32. The Morgan fingerprint density at radius 3 is 2.48 bits per heavy atom. The highest BCUT2D eigenvalue weighted by atomic mass is 32.2. The van der Waals surface area contributed by atoms with Crippen LogP contribution in [-0.2, 0) is 9.59 Å². The van der Waals surface area contributed by atoms with E-state index in [4.69, 9.17) is 17.0 Å². The normalized spacial score (nSPS) is 14.9. The average molecular weight is 429 g/mol. The predicted octanol–water partition coefficient (Wildman–Crippen LogP) is 3.44. The van der Waals surface area contributed by atoms with E-state index in [1.165, 1.54) is 17.0 Å². The van der Waals surface area contributed by atoms with E-state index in [-0.39, 0.29) is 28.4 Å². The van der Waals surface area contributed by atoms with Gasteiger partial charge >= 0.3 is 0 Å². The number of methoxy groups -OCH3 is 1. The van der Waals surface area contributed by atoms with Gasteiger partial charge in [0.2, 0.25) is 5.91 Å². The van der Waals surface area contributed by atoms with Crippen LogP contribution in [0.5, 0.6) is 5.75 Å². The van der Waals surface area contributed by atoms with Gasteiger partial charge in [0.15, 0.2) is 0 Å². The number of hydrogen-bond donors (Lipinski definition) is 1. The van der Waals surface area contributed by atoms with Crippen LogP contribution in [0.3, 0.4) is 0 Å². The van der Waals surface area contributed by atoms with Crippen LogP contribution < -0.4 is 10.1 Å². The van der Waals surface area contributed by atoms with Gasteiger partial charge in [0.1, 0.15) is 16.6 Å². The van der Waals surface area contributed by atoms with Gasteiger partial charge in [0, 0.05) is 17.8 Å². The Bertz CT molecular complexity index is 1000. The van der Waals surface area contributed by atoms with E-state index in [0.717, 1.165) is 11.8 Å². The van der Waals surface area contributed by atoms with Gasteiger partial charge in [-0.05, 0) is 48.0 Å². The highest BCUT2D eigenvalue weighted by Gasteiger charge is 2.33. The van der Waals surface area contributed by atoms with Crippen LogP contribution in [0, 0.1) is 10.1 Å². The van der Waals surface area contributed by atoms with Crippen LogP contribution in [0.25, 0.3) is 6.08 Å². The number of carbonyl (C=O) groups excluding carboxylic acids is 2. The number of anilines is 1. The molecular formula is C19H15N3O5S2. The van der Waals surface area contributed by atoms with Crippen molar-refractivity contribution in [3.8, 4) is 5.75 Å². The van der Waals surface area contributed by atoms with E-state index in [9.17, 15) is 19.7 Å². The van der Waals surface area contributed by atoms with Crippen LogP contribution in [-0.4, -0.2) is 39.6 Å². The molecule has 2 amide bonds. The molecule has 1 fully saturated rings. The molecular weight excluding hydrogens is 414 g/mol. The monoisotopic (exact) mass is 429 g/mol. The van der Waals surface area contributed by atoms with Crippen molar-refractivity contribution in [2.45, 2.75) is 0 Å². The van der Waals surface area contributed by atoms with Crippen molar-refractivity contribution < 1.29 is 19.2 Å². The van der Waals surface area contributed by atoms with E-state index in [0.29, 0.717) is 21.9 Å². The largest absolute Gasteiger partial charge is 0.497 e. The molecule has 0 aromatic heterocycles. The topological polar surface area (TPSA) is 102 Å². The molecule has 2 aromatic rings. The van der Waals surface area contributed by atoms with E-state index in [1.54, 1.807) is 49.6 Å². The summed E-state index contributed by atoms with van der Waals surface area (Å²) in [6, 6.07) is 12.6. The molecule has 0 spiro atoms. The number of carbonyl (C=O) groups is 2. The van der Waals surface area contributed by atoms with Gasteiger partial charge in [-0.15, -0.1) is 0 Å². The summed E-state index contributed by atoms with van der Waals surface area (Å²) in [4.78, 5) is 36.7. The minimum atomic E-state index is -0.495. The Hall–Kier alpha value is -3.24. The second kappa shape index (κ2) is 8.84. The first-order valence-corrected chi connectivity index (χ1v) is 9.53. The van der Waals surface area contributed by atoms with Crippen molar-refractivity contribution in [1.82, 2.24) is 4.90 Å². The fourth-order valence-corrected chi connectivity index (χ4v) is 3.75. The zero-order valence-corrected chi connectivity index (χ0v) is 16.8. The van der Waals surface area contributed by atoms with Gasteiger partial charge in [-0.1, -0.05) is 24.0 Å². The van der Waals surface area contributed by atoms with Gasteiger partial charge in [-0.25, -0.2) is 0 Å². The molecule has 0 atom stereocenters. The first-order valence-electron chi connectivity index (χ1n) is 8.31. The van der Waals surface area contributed by atoms with Gasteiger partial charge in [0.25, 0.3) is 11.6 Å². The van der Waals surface area contributed by atoms with Crippen LogP contribution in [0.1, 0.15) is 5.56 Å². The van der Waals surface area contributed by atoms with Gasteiger partial charge in [-0.2, -0.15) is 0 Å². The number of nitrogens with one attached hydrogen (secondary N) is 1. The predicted molar refractivity (Wildman–Crippen MR) is 115 cm³/mol. The van der Waals surface area contributed by atoms with Crippen molar-refractivity contribution >= 4 is 57.6 Å². The highest BCUT2D eigenvalue weighted by molar-refractivity contribution is 8.26. The number of hydrogen-bond acceptors (Lipinski definition) is 7. The Morgan fingerprint density at radius 2 is 1.90 bits per heavy atom. The summed E-state index contributed by atoms with van der Waals surface area (Å²) in [6.45, 7) is -0.214. The zero-order chi connectivity index (χ0) is 21.0. The molecule has 1 N–H and O–H groups in total. The zero-order valence-electron chi connectivity index (χ0n) is 15.2. The summed E-state index contributed by atoms with van der Waals surface area (Å²) in [6.07, 6.45) is 1.59. The van der Waals surface area contributed by atoms with Crippen LogP contribution in [0.2, 0.25) is 0 Å². The number of non-ortho nitro benzene ring substituents is 1. The van der Waals surface area contributed by atoms with Crippen LogP contribution in [0.15, 0.2) is 53.4 Å². The molecule has 0 radical (unpaired) electrons. The summed E-state index contributed by atoms with van der Waals surface area (Å²) >= 11 is 6.30. The lowest BCUT2D eigenvalue weighted by Crippen LogP contribution is -2.36. The summed E-state index contributed by atoms with van der Waals surface area (Å²) < 4.78 is 5.34. The third kappa shape index (κ3) is 4.98. The Kier molecular flexibility index (Phi) is 6.25. The molecule has 0 saturated carbocycles. The lowest BCUT2D eigenvalue weighted by atomic mass is 10.2. The maximum atomic E-state index is 12.6. The number of benzene rings is 2. The molecule has 1 heterocycles. The number of nitro groups is 1. The number of thioether (sulfide) groups is 1. The summed E-state index contributed by atoms with van der Waals surface area (Å²) in [5.74, 6) is -0.109. The number of amides is 2. The molecule has 3 rings (SSSR count). The van der Waals surface area contributed by atoms with Crippen molar-refractivity contribution in [1.29, 1.82) is 0 Å². The van der Waals surface area contributed by atoms with Gasteiger partial charge < -0.3 is 10.1 Å². The number of rotatable bonds is 6. The molecule has 2 aromatic carbocycles. The first-order chi connectivity index (χ1) is 13.9. The lowest BCUT2D eigenvalue weighted by Gasteiger charge is -2.14. The average Bonchev–Trinajstić information content (AvgIpc) is 2.96. The molecule has 1 aliphatic heterocycles. The maximum Gasteiger partial charge on any atom is 0.269 e. The smallest absolute Gasteiger partial charge is 0.269 e. The lowest BCUT2D eigenvalue weighted by molar-refractivity contribution is -0.384. The number of ether oxygens (including phenoxy) is 1. The molecule has 29 heavy (non-hydrogen) atoms. The Balaban J connectivity index is 1.66. The van der Waals surface area contributed by atoms with Crippen LogP contribution >= 0.6 is 24.0 Å². The number of thiocarbonyl (C=S) groups is 1. The Morgan fingerprint density at radius 1 is 1.24 bits per heavy atom.